The summed E-state index contributed by atoms with van der Waals surface area (Å²) in [7, 11) is 0. The molecule has 1 rings (SSSR count). The second kappa shape index (κ2) is 10.9. The van der Waals surface area contributed by atoms with Crippen LogP contribution in [0.3, 0.4) is 0 Å². The van der Waals surface area contributed by atoms with Gasteiger partial charge in [-0.2, -0.15) is 0 Å². The fourth-order valence-corrected chi connectivity index (χ4v) is 1.25. The lowest BCUT2D eigenvalue weighted by Crippen LogP contribution is -2.43. The molecule has 1 fully saturated rings. The molecule has 12 heavy (non-hydrogen) atoms. The van der Waals surface area contributed by atoms with E-state index < -0.39 is 0 Å². The van der Waals surface area contributed by atoms with E-state index in [1.165, 1.54) is 39.1 Å². The van der Waals surface area contributed by atoms with Crippen LogP contribution in [-0.4, -0.2) is 43.1 Å². The summed E-state index contributed by atoms with van der Waals surface area (Å²) in [4.78, 5) is 2.51. The van der Waals surface area contributed by atoms with Crippen LogP contribution in [0.4, 0.5) is 0 Å². The summed E-state index contributed by atoms with van der Waals surface area (Å²) in [6.07, 6.45) is 1.29. The average molecular weight is 176 g/mol. The van der Waals surface area contributed by atoms with Gasteiger partial charge < -0.3 is 15.7 Å². The molecule has 1 aliphatic rings. The Labute approximate surface area is 76.4 Å². The molecule has 3 heteroatoms. The quantitative estimate of drug-likeness (QED) is 0.666. The Hall–Kier alpha value is -0.120. The van der Waals surface area contributed by atoms with E-state index in [1.54, 1.807) is 0 Å². The van der Waals surface area contributed by atoms with Crippen LogP contribution in [0.15, 0.2) is 0 Å². The predicted octanol–water partition coefficient (Wildman–Crippen LogP) is 0.503. The Kier molecular flexibility index (Phi) is 13.1. The summed E-state index contributed by atoms with van der Waals surface area (Å²) in [5.74, 6) is 0. The van der Waals surface area contributed by atoms with Gasteiger partial charge in [0.25, 0.3) is 0 Å². The van der Waals surface area contributed by atoms with Crippen molar-refractivity contribution in [1.82, 2.24) is 10.2 Å². The second-order valence-electron chi connectivity index (χ2n) is 2.59. The first-order valence-corrected chi connectivity index (χ1v) is 4.86. The van der Waals surface area contributed by atoms with Gasteiger partial charge in [-0.1, -0.05) is 20.8 Å². The molecule has 0 aromatic carbocycles. The smallest absolute Gasteiger partial charge is 0.0107 e. The predicted molar refractivity (Wildman–Crippen MR) is 54.6 cm³/mol. The molecule has 3 nitrogen and oxygen atoms in total. The highest BCUT2D eigenvalue weighted by molar-refractivity contribution is 4.65. The summed E-state index contributed by atoms with van der Waals surface area (Å²) in [5, 5.41) is 3.33. The van der Waals surface area contributed by atoms with Gasteiger partial charge >= 0.3 is 0 Å². The van der Waals surface area contributed by atoms with Gasteiger partial charge in [0.15, 0.2) is 0 Å². The van der Waals surface area contributed by atoms with E-state index in [2.05, 4.69) is 17.1 Å². The molecule has 0 amide bonds. The molecule has 0 atom stereocenters. The lowest BCUT2D eigenvalue weighted by atomic mass is 10.3. The molecule has 76 valence electrons. The maximum atomic E-state index is 3.33. The zero-order chi connectivity index (χ0) is 8.53. The lowest BCUT2D eigenvalue weighted by molar-refractivity contribution is 0.241. The van der Waals surface area contributed by atoms with Crippen LogP contribution >= 0.6 is 0 Å². The van der Waals surface area contributed by atoms with E-state index in [-0.39, 0.29) is 5.48 Å². The van der Waals surface area contributed by atoms with Crippen LogP contribution in [0.25, 0.3) is 0 Å². The van der Waals surface area contributed by atoms with Gasteiger partial charge in [-0.05, 0) is 13.0 Å². The molecule has 0 saturated carbocycles. The SMILES string of the molecule is CC.CCCN1CCNCC1.O. The molecule has 1 aliphatic heterocycles. The molecular formula is C9H24N2O. The van der Waals surface area contributed by atoms with Crippen LogP contribution in [0, 0.1) is 0 Å². The highest BCUT2D eigenvalue weighted by Crippen LogP contribution is 1.92. The van der Waals surface area contributed by atoms with Crippen molar-refractivity contribution in [2.45, 2.75) is 27.2 Å². The van der Waals surface area contributed by atoms with Gasteiger partial charge in [0.1, 0.15) is 0 Å². The minimum Gasteiger partial charge on any atom is -0.412 e. The van der Waals surface area contributed by atoms with Gasteiger partial charge in [0.2, 0.25) is 0 Å². The third-order valence-corrected chi connectivity index (χ3v) is 1.75. The van der Waals surface area contributed by atoms with Gasteiger partial charge in [-0.25, -0.2) is 0 Å². The van der Waals surface area contributed by atoms with E-state index >= 15 is 0 Å². The second-order valence-corrected chi connectivity index (χ2v) is 2.59. The number of hydrogen-bond acceptors (Lipinski definition) is 2. The van der Waals surface area contributed by atoms with Crippen molar-refractivity contribution in [2.75, 3.05) is 32.7 Å². The number of piperazine rings is 1. The third kappa shape index (κ3) is 6.58. The highest BCUT2D eigenvalue weighted by atomic mass is 16.0. The number of rotatable bonds is 2. The molecule has 0 spiro atoms. The Morgan fingerprint density at radius 3 is 2.08 bits per heavy atom. The molecule has 1 saturated heterocycles. The van der Waals surface area contributed by atoms with Gasteiger partial charge in [-0.3, -0.25) is 0 Å². The van der Waals surface area contributed by atoms with E-state index in [9.17, 15) is 0 Å². The minimum absolute atomic E-state index is 0. The Bertz CT molecular complexity index is 70.2. The van der Waals surface area contributed by atoms with Crippen molar-refractivity contribution < 1.29 is 5.48 Å². The molecule has 0 radical (unpaired) electrons. The molecule has 3 N–H and O–H groups in total. The molecule has 0 bridgehead atoms. The van der Waals surface area contributed by atoms with Crippen LogP contribution < -0.4 is 5.32 Å². The monoisotopic (exact) mass is 176 g/mol. The number of nitrogens with zero attached hydrogens (tertiary/aromatic N) is 1. The molecule has 0 unspecified atom stereocenters. The van der Waals surface area contributed by atoms with Crippen LogP contribution in [-0.2, 0) is 0 Å². The molecule has 1 heterocycles. The van der Waals surface area contributed by atoms with Gasteiger partial charge in [0, 0.05) is 26.2 Å². The van der Waals surface area contributed by atoms with Crippen molar-refractivity contribution in [2.24, 2.45) is 0 Å². The molecule has 0 aromatic rings. The molecular weight excluding hydrogens is 152 g/mol. The zero-order valence-electron chi connectivity index (χ0n) is 8.69. The van der Waals surface area contributed by atoms with Crippen LogP contribution in [0.1, 0.15) is 27.2 Å². The largest absolute Gasteiger partial charge is 0.412 e. The summed E-state index contributed by atoms with van der Waals surface area (Å²) in [5.41, 5.74) is 0. The molecule has 0 aliphatic carbocycles. The van der Waals surface area contributed by atoms with E-state index in [1.807, 2.05) is 13.8 Å². The maximum Gasteiger partial charge on any atom is 0.0107 e. The van der Waals surface area contributed by atoms with Crippen molar-refractivity contribution >= 4 is 0 Å². The van der Waals surface area contributed by atoms with Crippen LogP contribution in [0.2, 0.25) is 0 Å². The number of hydrogen-bond donors (Lipinski definition) is 1. The fraction of sp³-hybridized carbons (Fsp3) is 1.00. The number of nitrogens with one attached hydrogen (secondary N) is 1. The summed E-state index contributed by atoms with van der Waals surface area (Å²) in [6, 6.07) is 0. The Balaban J connectivity index is 0. The zero-order valence-corrected chi connectivity index (χ0v) is 8.69. The first kappa shape index (κ1) is 14.4. The van der Waals surface area contributed by atoms with E-state index in [0.29, 0.717) is 0 Å². The Morgan fingerprint density at radius 1 is 1.17 bits per heavy atom. The molecule has 0 aromatic heterocycles. The van der Waals surface area contributed by atoms with Crippen molar-refractivity contribution in [1.29, 1.82) is 0 Å². The van der Waals surface area contributed by atoms with Crippen molar-refractivity contribution in [3.05, 3.63) is 0 Å². The lowest BCUT2D eigenvalue weighted by Gasteiger charge is -2.26. The first-order valence-electron chi connectivity index (χ1n) is 4.86. The fourth-order valence-electron chi connectivity index (χ4n) is 1.25. The standard InChI is InChI=1S/C7H16N2.C2H6.H2O/c1-2-5-9-6-3-8-4-7-9;1-2;/h8H,2-7H2,1H3;1-2H3;1H2. The highest BCUT2D eigenvalue weighted by Gasteiger charge is 2.06. The summed E-state index contributed by atoms with van der Waals surface area (Å²) < 4.78 is 0. The van der Waals surface area contributed by atoms with Gasteiger partial charge in [-0.15, -0.1) is 0 Å². The van der Waals surface area contributed by atoms with Crippen LogP contribution in [0.5, 0.6) is 0 Å². The summed E-state index contributed by atoms with van der Waals surface area (Å²) >= 11 is 0. The third-order valence-electron chi connectivity index (χ3n) is 1.75. The minimum atomic E-state index is 0. The van der Waals surface area contributed by atoms with Crippen molar-refractivity contribution in [3.63, 3.8) is 0 Å². The first-order chi connectivity index (χ1) is 5.43. The van der Waals surface area contributed by atoms with E-state index in [4.69, 9.17) is 0 Å². The van der Waals surface area contributed by atoms with E-state index in [0.717, 1.165) is 0 Å². The Morgan fingerprint density at radius 2 is 1.67 bits per heavy atom. The summed E-state index contributed by atoms with van der Waals surface area (Å²) in [6.45, 7) is 12.4. The normalized spacial score (nSPS) is 17.2. The topological polar surface area (TPSA) is 46.8 Å². The van der Waals surface area contributed by atoms with Gasteiger partial charge in [0.05, 0.1) is 0 Å². The average Bonchev–Trinajstić information content (AvgIpc) is 2.11. The maximum absolute atomic E-state index is 3.33. The van der Waals surface area contributed by atoms with Crippen molar-refractivity contribution in [3.8, 4) is 0 Å².